The number of phenols is 1. The van der Waals surface area contributed by atoms with E-state index in [1.165, 1.54) is 4.90 Å². The highest BCUT2D eigenvalue weighted by Gasteiger charge is 2.32. The summed E-state index contributed by atoms with van der Waals surface area (Å²) in [7, 11) is 1.72. The molecular formula is C19H16F3N5O4. The summed E-state index contributed by atoms with van der Waals surface area (Å²) in [6.07, 6.45) is 0.726. The highest BCUT2D eigenvalue weighted by atomic mass is 19.1. The van der Waals surface area contributed by atoms with Gasteiger partial charge < -0.3 is 26.2 Å². The molecule has 0 aliphatic carbocycles. The number of nitrogen functional groups attached to an aromatic ring is 1. The smallest absolute Gasteiger partial charge is 0.341 e. The van der Waals surface area contributed by atoms with E-state index in [9.17, 15) is 33.0 Å². The number of fused-ring (bicyclic) bond motifs is 1. The van der Waals surface area contributed by atoms with E-state index in [0.717, 1.165) is 16.8 Å². The first kappa shape index (κ1) is 20.5. The summed E-state index contributed by atoms with van der Waals surface area (Å²) in [4.78, 5) is 29.3. The highest BCUT2D eigenvalue weighted by Crippen LogP contribution is 2.40. The number of rotatable bonds is 4. The van der Waals surface area contributed by atoms with Crippen LogP contribution in [0.15, 0.2) is 23.1 Å². The zero-order chi connectivity index (χ0) is 22.6. The highest BCUT2D eigenvalue weighted by molar-refractivity contribution is 5.97. The van der Waals surface area contributed by atoms with Crippen LogP contribution in [0.1, 0.15) is 10.4 Å². The third kappa shape index (κ3) is 3.11. The molecule has 1 saturated heterocycles. The second kappa shape index (κ2) is 7.16. The normalized spacial score (nSPS) is 14.1. The molecular weight excluding hydrogens is 419 g/mol. The average Bonchev–Trinajstić information content (AvgIpc) is 2.67. The van der Waals surface area contributed by atoms with Crippen molar-refractivity contribution in [1.29, 1.82) is 0 Å². The van der Waals surface area contributed by atoms with E-state index in [2.05, 4.69) is 10.3 Å². The number of nitrogens with two attached hydrogens (primary N) is 1. The van der Waals surface area contributed by atoms with E-state index in [-0.39, 0.29) is 11.7 Å². The number of aromatic hydroxyl groups is 1. The first-order valence-corrected chi connectivity index (χ1v) is 9.02. The van der Waals surface area contributed by atoms with Gasteiger partial charge in [0.2, 0.25) is 5.43 Å². The molecule has 0 bridgehead atoms. The van der Waals surface area contributed by atoms with Crippen LogP contribution in [0.5, 0.6) is 5.75 Å². The second-order valence-electron chi connectivity index (χ2n) is 7.05. The van der Waals surface area contributed by atoms with Gasteiger partial charge in [-0.25, -0.2) is 22.9 Å². The van der Waals surface area contributed by atoms with Crippen LogP contribution in [-0.4, -0.2) is 51.9 Å². The average molecular weight is 435 g/mol. The molecule has 3 aromatic rings. The van der Waals surface area contributed by atoms with Crippen LogP contribution < -0.4 is 21.4 Å². The molecule has 9 nitrogen and oxygen atoms in total. The summed E-state index contributed by atoms with van der Waals surface area (Å²) in [6.45, 7) is 0.695. The third-order valence-corrected chi connectivity index (χ3v) is 5.19. The fourth-order valence-corrected chi connectivity index (χ4v) is 3.53. The number of hydrogen-bond acceptors (Lipinski definition) is 7. The molecule has 0 atom stereocenters. The Morgan fingerprint density at radius 2 is 1.90 bits per heavy atom. The lowest BCUT2D eigenvalue weighted by molar-refractivity contribution is 0.0695. The summed E-state index contributed by atoms with van der Waals surface area (Å²) in [5.41, 5.74) is 2.86. The van der Waals surface area contributed by atoms with E-state index in [0.29, 0.717) is 19.2 Å². The molecule has 2 aromatic heterocycles. The predicted octanol–water partition coefficient (Wildman–Crippen LogP) is 1.20. The molecule has 3 heterocycles. The van der Waals surface area contributed by atoms with Crippen molar-refractivity contribution in [3.05, 3.63) is 51.6 Å². The number of benzene rings is 1. The lowest BCUT2D eigenvalue weighted by atomic mass is 10.0. The molecule has 0 unspecified atom stereocenters. The number of carboxylic acids is 1. The summed E-state index contributed by atoms with van der Waals surface area (Å²) in [6, 6.07) is 1.24. The van der Waals surface area contributed by atoms with Crippen molar-refractivity contribution in [2.45, 2.75) is 6.04 Å². The quantitative estimate of drug-likeness (QED) is 0.480. The SMILES string of the molecule is CNC1CN(c2c(F)cc3c(=O)c(C(=O)O)cn(-c4nc(N)c(F)cc4F)c3c2O)C1. The summed E-state index contributed by atoms with van der Waals surface area (Å²) < 4.78 is 43.7. The minimum Gasteiger partial charge on any atom is -0.504 e. The Morgan fingerprint density at radius 3 is 2.52 bits per heavy atom. The monoisotopic (exact) mass is 435 g/mol. The molecule has 4 rings (SSSR count). The Labute approximate surface area is 172 Å². The standard InChI is InChI=1S/C19H16F3N5O4/c1-24-7-4-26(5-7)14-10(20)2-8-13(16(14)29)27(6-9(15(8)28)19(30)31)18-12(22)3-11(21)17(23)25-18/h2-3,6-7,24,29H,4-5H2,1H3,(H2,23,25)(H,30,31). The number of likely N-dealkylation sites (N-methyl/N-ethyl adjacent to an activating group) is 1. The van der Waals surface area contributed by atoms with Crippen molar-refractivity contribution < 1.29 is 28.2 Å². The van der Waals surface area contributed by atoms with Crippen LogP contribution in [0.25, 0.3) is 16.7 Å². The van der Waals surface area contributed by atoms with E-state index in [1.54, 1.807) is 7.05 Å². The number of pyridine rings is 2. The molecule has 0 radical (unpaired) electrons. The maximum absolute atomic E-state index is 14.8. The third-order valence-electron chi connectivity index (χ3n) is 5.19. The van der Waals surface area contributed by atoms with Crippen LogP contribution in [0.2, 0.25) is 0 Å². The first-order valence-electron chi connectivity index (χ1n) is 9.02. The number of phenolic OH excluding ortho intramolecular Hbond substituents is 1. The van der Waals surface area contributed by atoms with Crippen molar-refractivity contribution >= 4 is 28.4 Å². The predicted molar refractivity (Wildman–Crippen MR) is 105 cm³/mol. The molecule has 1 aliphatic rings. The molecule has 1 aromatic carbocycles. The second-order valence-corrected chi connectivity index (χ2v) is 7.05. The lowest BCUT2D eigenvalue weighted by Crippen LogP contribution is -2.57. The summed E-state index contributed by atoms with van der Waals surface area (Å²) in [5, 5.41) is 22.7. The number of carbonyl (C=O) groups is 1. The van der Waals surface area contributed by atoms with Gasteiger partial charge in [0, 0.05) is 31.4 Å². The number of aromatic nitrogens is 2. The molecule has 1 fully saturated rings. The van der Waals surface area contributed by atoms with Gasteiger partial charge >= 0.3 is 5.97 Å². The maximum Gasteiger partial charge on any atom is 0.341 e. The van der Waals surface area contributed by atoms with Gasteiger partial charge in [-0.15, -0.1) is 0 Å². The number of nitrogens with zero attached hydrogens (tertiary/aromatic N) is 3. The summed E-state index contributed by atoms with van der Waals surface area (Å²) >= 11 is 0. The Balaban J connectivity index is 2.09. The van der Waals surface area contributed by atoms with Gasteiger partial charge in [-0.3, -0.25) is 9.36 Å². The van der Waals surface area contributed by atoms with Crippen molar-refractivity contribution in [1.82, 2.24) is 14.9 Å². The molecule has 12 heteroatoms. The topological polar surface area (TPSA) is 134 Å². The maximum atomic E-state index is 14.8. The Bertz CT molecular complexity index is 1300. The Kier molecular flexibility index (Phi) is 4.73. The van der Waals surface area contributed by atoms with Gasteiger partial charge in [-0.1, -0.05) is 0 Å². The first-order chi connectivity index (χ1) is 14.6. The van der Waals surface area contributed by atoms with Gasteiger partial charge in [0.15, 0.2) is 34.8 Å². The van der Waals surface area contributed by atoms with Gasteiger partial charge in [0.1, 0.15) is 16.8 Å². The molecule has 0 saturated carbocycles. The number of nitrogens with one attached hydrogen (secondary N) is 1. The number of hydrogen-bond donors (Lipinski definition) is 4. The van der Waals surface area contributed by atoms with Gasteiger partial charge in [-0.05, 0) is 13.1 Å². The van der Waals surface area contributed by atoms with Crippen LogP contribution in [0, 0.1) is 17.5 Å². The lowest BCUT2D eigenvalue weighted by Gasteiger charge is -2.41. The Morgan fingerprint density at radius 1 is 1.23 bits per heavy atom. The van der Waals surface area contributed by atoms with Gasteiger partial charge in [0.05, 0.1) is 5.39 Å². The fourth-order valence-electron chi connectivity index (χ4n) is 3.53. The van der Waals surface area contributed by atoms with E-state index >= 15 is 0 Å². The minimum atomic E-state index is -1.67. The largest absolute Gasteiger partial charge is 0.504 e. The minimum absolute atomic E-state index is 0.0436. The van der Waals surface area contributed by atoms with Crippen molar-refractivity contribution in [3.8, 4) is 11.6 Å². The Hall–Kier alpha value is -3.80. The van der Waals surface area contributed by atoms with Crippen LogP contribution in [0.4, 0.5) is 24.7 Å². The zero-order valence-electron chi connectivity index (χ0n) is 16.0. The van der Waals surface area contributed by atoms with Gasteiger partial charge in [0.25, 0.3) is 0 Å². The number of carboxylic acid groups (broad SMARTS) is 1. The molecule has 162 valence electrons. The van der Waals surface area contributed by atoms with E-state index in [4.69, 9.17) is 5.73 Å². The van der Waals surface area contributed by atoms with Crippen LogP contribution >= 0.6 is 0 Å². The summed E-state index contributed by atoms with van der Waals surface area (Å²) in [5.74, 6) is -7.10. The van der Waals surface area contributed by atoms with Crippen molar-refractivity contribution in [2.24, 2.45) is 0 Å². The zero-order valence-corrected chi connectivity index (χ0v) is 16.0. The van der Waals surface area contributed by atoms with Crippen molar-refractivity contribution in [3.63, 3.8) is 0 Å². The molecule has 31 heavy (non-hydrogen) atoms. The van der Waals surface area contributed by atoms with Crippen molar-refractivity contribution in [2.75, 3.05) is 30.8 Å². The van der Waals surface area contributed by atoms with Crippen LogP contribution in [-0.2, 0) is 0 Å². The molecule has 0 spiro atoms. The molecule has 5 N–H and O–H groups in total. The number of anilines is 2. The molecule has 1 aliphatic heterocycles. The van der Waals surface area contributed by atoms with Gasteiger partial charge in [-0.2, -0.15) is 0 Å². The fraction of sp³-hybridized carbons (Fsp3) is 0.211. The number of halogens is 3. The molecule has 0 amide bonds. The van der Waals surface area contributed by atoms with Crippen LogP contribution in [0.3, 0.4) is 0 Å². The number of aromatic carboxylic acids is 1. The van der Waals surface area contributed by atoms with E-state index in [1.807, 2.05) is 0 Å². The van der Waals surface area contributed by atoms with E-state index < -0.39 is 62.7 Å².